The van der Waals surface area contributed by atoms with Gasteiger partial charge in [-0.1, -0.05) is 98.6 Å². The SMILES string of the molecule is CCCN(CCC)CCCCC(c1ccccc1)N1CCN(C(=O)[C@@H](Cc2ccc(Cl)cc2)NC(=O)[C@H]2Cc3ccccc3CN2)CC1. The van der Waals surface area contributed by atoms with E-state index in [0.29, 0.717) is 43.5 Å². The molecule has 0 radical (unpaired) electrons. The van der Waals surface area contributed by atoms with Crippen molar-refractivity contribution in [1.29, 1.82) is 0 Å². The number of nitrogens with one attached hydrogen (secondary N) is 2. The molecular formula is C40H54ClN5O2. The van der Waals surface area contributed by atoms with E-state index in [4.69, 9.17) is 11.6 Å². The molecule has 5 rings (SSSR count). The molecule has 2 heterocycles. The van der Waals surface area contributed by atoms with Crippen molar-refractivity contribution >= 4 is 23.4 Å². The maximum Gasteiger partial charge on any atom is 0.245 e. The minimum absolute atomic E-state index is 0.0163. The minimum atomic E-state index is -0.650. The van der Waals surface area contributed by atoms with Crippen LogP contribution in [0.5, 0.6) is 0 Å². The Morgan fingerprint density at radius 3 is 2.21 bits per heavy atom. The summed E-state index contributed by atoms with van der Waals surface area (Å²) < 4.78 is 0. The van der Waals surface area contributed by atoms with Crippen LogP contribution in [0.3, 0.4) is 0 Å². The second kappa shape index (κ2) is 18.5. The Kier molecular flexibility index (Phi) is 13.9. The van der Waals surface area contributed by atoms with Crippen LogP contribution in [0.1, 0.15) is 74.2 Å². The zero-order chi connectivity index (χ0) is 33.7. The van der Waals surface area contributed by atoms with Crippen molar-refractivity contribution in [3.63, 3.8) is 0 Å². The number of fused-ring (bicyclic) bond motifs is 1. The van der Waals surface area contributed by atoms with Crippen LogP contribution in [0.4, 0.5) is 0 Å². The molecule has 2 N–H and O–H groups in total. The fourth-order valence-corrected chi connectivity index (χ4v) is 7.44. The van der Waals surface area contributed by atoms with Crippen molar-refractivity contribution in [3.05, 3.63) is 106 Å². The molecule has 0 spiro atoms. The van der Waals surface area contributed by atoms with Crippen molar-refractivity contribution in [2.24, 2.45) is 0 Å². The predicted molar refractivity (Wildman–Crippen MR) is 196 cm³/mol. The molecule has 1 unspecified atom stereocenters. The van der Waals surface area contributed by atoms with Gasteiger partial charge in [-0.3, -0.25) is 14.5 Å². The van der Waals surface area contributed by atoms with E-state index in [9.17, 15) is 9.59 Å². The number of hydrogen-bond donors (Lipinski definition) is 2. The molecule has 0 aromatic heterocycles. The van der Waals surface area contributed by atoms with Crippen LogP contribution in [0.15, 0.2) is 78.9 Å². The fraction of sp³-hybridized carbons (Fsp3) is 0.500. The smallest absolute Gasteiger partial charge is 0.245 e. The molecule has 3 atom stereocenters. The first-order chi connectivity index (χ1) is 23.4. The van der Waals surface area contributed by atoms with Gasteiger partial charge < -0.3 is 20.4 Å². The molecule has 2 amide bonds. The van der Waals surface area contributed by atoms with Gasteiger partial charge in [-0.05, 0) is 86.1 Å². The van der Waals surface area contributed by atoms with Gasteiger partial charge in [0.1, 0.15) is 6.04 Å². The summed E-state index contributed by atoms with van der Waals surface area (Å²) in [5.74, 6) is -0.145. The van der Waals surface area contributed by atoms with Gasteiger partial charge in [0.2, 0.25) is 11.8 Å². The van der Waals surface area contributed by atoms with E-state index >= 15 is 0 Å². The zero-order valence-electron chi connectivity index (χ0n) is 28.9. The second-order valence-corrected chi connectivity index (χ2v) is 13.9. The first-order valence-electron chi connectivity index (χ1n) is 18.1. The molecule has 0 bridgehead atoms. The molecule has 258 valence electrons. The van der Waals surface area contributed by atoms with Gasteiger partial charge in [0.25, 0.3) is 0 Å². The molecular weight excluding hydrogens is 618 g/mol. The highest BCUT2D eigenvalue weighted by molar-refractivity contribution is 6.30. The minimum Gasteiger partial charge on any atom is -0.343 e. The first-order valence-corrected chi connectivity index (χ1v) is 18.5. The van der Waals surface area contributed by atoms with Crippen molar-refractivity contribution < 1.29 is 9.59 Å². The van der Waals surface area contributed by atoms with Crippen molar-refractivity contribution in [2.45, 2.75) is 83.5 Å². The Labute approximate surface area is 293 Å². The average molecular weight is 672 g/mol. The second-order valence-electron chi connectivity index (χ2n) is 13.4. The lowest BCUT2D eigenvalue weighted by Gasteiger charge is -2.41. The van der Waals surface area contributed by atoms with E-state index in [1.165, 1.54) is 55.5 Å². The van der Waals surface area contributed by atoms with Gasteiger partial charge in [0, 0.05) is 50.2 Å². The van der Waals surface area contributed by atoms with Crippen LogP contribution in [0.25, 0.3) is 0 Å². The van der Waals surface area contributed by atoms with Gasteiger partial charge in [0.05, 0.1) is 6.04 Å². The van der Waals surface area contributed by atoms with Crippen molar-refractivity contribution in [1.82, 2.24) is 25.3 Å². The summed E-state index contributed by atoms with van der Waals surface area (Å²) in [6, 6.07) is 25.9. The van der Waals surface area contributed by atoms with Gasteiger partial charge >= 0.3 is 0 Å². The number of carbonyl (C=O) groups excluding carboxylic acids is 2. The molecule has 3 aromatic rings. The van der Waals surface area contributed by atoms with E-state index in [2.05, 4.69) is 76.7 Å². The van der Waals surface area contributed by atoms with Gasteiger partial charge in [0.15, 0.2) is 0 Å². The summed E-state index contributed by atoms with van der Waals surface area (Å²) in [5, 5.41) is 7.19. The lowest BCUT2D eigenvalue weighted by molar-refractivity contribution is -0.138. The Morgan fingerprint density at radius 1 is 0.854 bits per heavy atom. The summed E-state index contributed by atoms with van der Waals surface area (Å²) in [7, 11) is 0. The van der Waals surface area contributed by atoms with E-state index < -0.39 is 6.04 Å². The van der Waals surface area contributed by atoms with Gasteiger partial charge in [-0.15, -0.1) is 0 Å². The summed E-state index contributed by atoms with van der Waals surface area (Å²) in [6.45, 7) is 11.6. The molecule has 1 fully saturated rings. The molecule has 3 aromatic carbocycles. The highest BCUT2D eigenvalue weighted by Crippen LogP contribution is 2.28. The Hall–Kier alpha value is -3.23. The number of halogens is 1. The number of piperazine rings is 1. The Bertz CT molecular complexity index is 1420. The predicted octanol–water partition coefficient (Wildman–Crippen LogP) is 6.26. The maximum atomic E-state index is 14.2. The number of unbranched alkanes of at least 4 members (excludes halogenated alkanes) is 1. The van der Waals surface area contributed by atoms with Crippen LogP contribution in [0.2, 0.25) is 5.02 Å². The lowest BCUT2D eigenvalue weighted by Crippen LogP contribution is -2.58. The van der Waals surface area contributed by atoms with E-state index in [-0.39, 0.29) is 17.9 Å². The summed E-state index contributed by atoms with van der Waals surface area (Å²) in [6.07, 6.45) is 6.92. The zero-order valence-corrected chi connectivity index (χ0v) is 29.6. The van der Waals surface area contributed by atoms with Crippen LogP contribution in [0, 0.1) is 0 Å². The maximum absolute atomic E-state index is 14.2. The molecule has 2 aliphatic rings. The molecule has 48 heavy (non-hydrogen) atoms. The van der Waals surface area contributed by atoms with E-state index in [1.807, 2.05) is 41.3 Å². The standard InChI is InChI=1S/C40H54ClN5O2/c1-3-21-44(22-4-2)23-11-10-16-38(32-12-6-5-7-13-32)45-24-26-46(27-25-45)40(48)37(28-31-17-19-35(41)20-18-31)43-39(47)36-29-33-14-8-9-15-34(33)30-42-36/h5-9,12-15,17-20,36-38,42H,3-4,10-11,16,21-30H2,1-2H3,(H,43,47)/t36-,37-,38?/m1/s1. The third-order valence-corrected chi connectivity index (χ3v) is 10.2. The monoisotopic (exact) mass is 671 g/mol. The summed E-state index contributed by atoms with van der Waals surface area (Å²) >= 11 is 6.16. The van der Waals surface area contributed by atoms with Crippen molar-refractivity contribution in [2.75, 3.05) is 45.8 Å². The van der Waals surface area contributed by atoms with Gasteiger partial charge in [-0.2, -0.15) is 0 Å². The summed E-state index contributed by atoms with van der Waals surface area (Å²) in [4.78, 5) is 34.9. The van der Waals surface area contributed by atoms with Crippen LogP contribution in [-0.2, 0) is 29.0 Å². The fourth-order valence-electron chi connectivity index (χ4n) is 7.32. The third kappa shape index (κ3) is 10.1. The Morgan fingerprint density at radius 2 is 1.52 bits per heavy atom. The van der Waals surface area contributed by atoms with E-state index in [1.54, 1.807) is 0 Å². The first kappa shape index (κ1) is 36.1. The number of benzene rings is 3. The normalized spacial score (nSPS) is 17.9. The average Bonchev–Trinajstić information content (AvgIpc) is 3.12. The third-order valence-electron chi connectivity index (χ3n) is 9.90. The molecule has 7 nitrogen and oxygen atoms in total. The highest BCUT2D eigenvalue weighted by Gasteiger charge is 2.33. The van der Waals surface area contributed by atoms with Crippen LogP contribution in [-0.4, -0.2) is 84.4 Å². The molecule has 0 saturated carbocycles. The van der Waals surface area contributed by atoms with Crippen LogP contribution < -0.4 is 10.6 Å². The van der Waals surface area contributed by atoms with Gasteiger partial charge in [-0.25, -0.2) is 0 Å². The molecule has 2 aliphatic heterocycles. The quantitative estimate of drug-likeness (QED) is 0.176. The molecule has 8 heteroatoms. The van der Waals surface area contributed by atoms with E-state index in [0.717, 1.165) is 31.6 Å². The topological polar surface area (TPSA) is 67.9 Å². The Balaban J connectivity index is 1.22. The number of hydrogen-bond acceptors (Lipinski definition) is 5. The number of rotatable bonds is 16. The number of nitrogens with zero attached hydrogens (tertiary/aromatic N) is 3. The number of carbonyl (C=O) groups is 2. The number of amides is 2. The molecule has 1 saturated heterocycles. The van der Waals surface area contributed by atoms with Crippen molar-refractivity contribution in [3.8, 4) is 0 Å². The largest absolute Gasteiger partial charge is 0.343 e. The van der Waals surface area contributed by atoms with Crippen LogP contribution >= 0.6 is 11.6 Å². The lowest BCUT2D eigenvalue weighted by atomic mass is 9.95. The summed E-state index contributed by atoms with van der Waals surface area (Å²) in [5.41, 5.74) is 4.72. The highest BCUT2D eigenvalue weighted by atomic mass is 35.5. The molecule has 0 aliphatic carbocycles.